The van der Waals surface area contributed by atoms with Crippen molar-refractivity contribution in [3.8, 4) is 0 Å². The number of benzene rings is 1. The maximum absolute atomic E-state index is 12.8. The first-order valence-corrected chi connectivity index (χ1v) is 9.11. The molecule has 138 valence electrons. The number of carbonyl (C=O) groups excluding carboxylic acids is 3. The zero-order valence-electron chi connectivity index (χ0n) is 14.9. The van der Waals surface area contributed by atoms with Crippen molar-refractivity contribution in [3.05, 3.63) is 46.1 Å². The van der Waals surface area contributed by atoms with Crippen LogP contribution in [0.4, 0.5) is 0 Å². The van der Waals surface area contributed by atoms with Crippen molar-refractivity contribution in [1.82, 2.24) is 15.1 Å². The first-order chi connectivity index (χ1) is 12.4. The number of Topliss-reactive ketones (excluding diaryl/α,β-unsaturated/α-hetero) is 2. The summed E-state index contributed by atoms with van der Waals surface area (Å²) in [6.45, 7) is 6.52. The van der Waals surface area contributed by atoms with Gasteiger partial charge in [0.2, 0.25) is 17.5 Å². The van der Waals surface area contributed by atoms with Crippen LogP contribution in [0.15, 0.2) is 35.0 Å². The maximum atomic E-state index is 12.8. The van der Waals surface area contributed by atoms with Crippen molar-refractivity contribution in [2.45, 2.75) is 19.9 Å². The number of nitrogens with one attached hydrogen (secondary N) is 1. The summed E-state index contributed by atoms with van der Waals surface area (Å²) < 4.78 is 0. The lowest BCUT2D eigenvalue weighted by Gasteiger charge is -2.37. The number of ketones is 2. The summed E-state index contributed by atoms with van der Waals surface area (Å²) >= 11 is 6.26. The predicted octanol–water partition coefficient (Wildman–Crippen LogP) is 1.66. The molecule has 3 rings (SSSR count). The summed E-state index contributed by atoms with van der Waals surface area (Å²) in [5.74, 6) is -0.532. The van der Waals surface area contributed by atoms with E-state index in [2.05, 4.69) is 5.32 Å². The van der Waals surface area contributed by atoms with E-state index in [0.29, 0.717) is 43.9 Å². The molecule has 2 aliphatic rings. The molecular weight excluding hydrogens is 354 g/mol. The Morgan fingerprint density at radius 1 is 1.08 bits per heavy atom. The molecule has 0 unspecified atom stereocenters. The fraction of sp³-hybridized carbons (Fsp3) is 0.421. The fourth-order valence-corrected chi connectivity index (χ4v) is 3.62. The van der Waals surface area contributed by atoms with E-state index in [0.717, 1.165) is 0 Å². The van der Waals surface area contributed by atoms with Crippen LogP contribution in [0.2, 0.25) is 0 Å². The van der Waals surface area contributed by atoms with E-state index in [1.54, 1.807) is 24.3 Å². The number of halogens is 1. The second kappa shape index (κ2) is 7.60. The van der Waals surface area contributed by atoms with E-state index >= 15 is 0 Å². The number of nitrogens with zero attached hydrogens (tertiary/aromatic N) is 2. The van der Waals surface area contributed by atoms with Gasteiger partial charge in [-0.15, -0.1) is 0 Å². The van der Waals surface area contributed by atoms with E-state index in [4.69, 9.17) is 11.6 Å². The molecule has 26 heavy (non-hydrogen) atoms. The third-order valence-corrected chi connectivity index (χ3v) is 4.89. The van der Waals surface area contributed by atoms with Gasteiger partial charge in [0.1, 0.15) is 10.7 Å². The van der Waals surface area contributed by atoms with Crippen molar-refractivity contribution >= 4 is 29.1 Å². The van der Waals surface area contributed by atoms with Crippen LogP contribution in [-0.2, 0) is 4.79 Å². The Morgan fingerprint density at radius 2 is 1.65 bits per heavy atom. The van der Waals surface area contributed by atoms with E-state index in [9.17, 15) is 14.4 Å². The van der Waals surface area contributed by atoms with Gasteiger partial charge in [0.25, 0.3) is 0 Å². The number of hydrogen-bond donors (Lipinski definition) is 1. The average molecular weight is 376 g/mol. The highest BCUT2D eigenvalue weighted by Gasteiger charge is 2.35. The minimum atomic E-state index is -0.310. The second-order valence-corrected chi connectivity index (χ2v) is 7.23. The molecule has 1 heterocycles. The van der Waals surface area contributed by atoms with E-state index in [1.165, 1.54) is 0 Å². The van der Waals surface area contributed by atoms with Gasteiger partial charge < -0.3 is 10.2 Å². The number of amides is 1. The smallest absolute Gasteiger partial charge is 0.234 e. The number of fused-ring (bicyclic) bond motifs is 1. The lowest BCUT2D eigenvalue weighted by atomic mass is 9.91. The number of allylic oxidation sites excluding steroid dienone is 2. The van der Waals surface area contributed by atoms with Gasteiger partial charge >= 0.3 is 0 Å². The molecular formula is C19H22ClN3O3. The molecule has 0 spiro atoms. The Balaban J connectivity index is 1.70. The van der Waals surface area contributed by atoms with Crippen molar-refractivity contribution in [1.29, 1.82) is 0 Å². The molecule has 1 aliphatic heterocycles. The Morgan fingerprint density at radius 3 is 2.23 bits per heavy atom. The topological polar surface area (TPSA) is 69.7 Å². The average Bonchev–Trinajstić information content (AvgIpc) is 2.61. The van der Waals surface area contributed by atoms with Gasteiger partial charge in [-0.25, -0.2) is 0 Å². The molecule has 1 aliphatic carbocycles. The highest BCUT2D eigenvalue weighted by Crippen LogP contribution is 2.30. The summed E-state index contributed by atoms with van der Waals surface area (Å²) in [7, 11) is 0. The van der Waals surface area contributed by atoms with E-state index in [1.807, 2.05) is 23.6 Å². The summed E-state index contributed by atoms with van der Waals surface area (Å²) in [5.41, 5.74) is 1.03. The second-order valence-electron chi connectivity index (χ2n) is 6.85. The van der Waals surface area contributed by atoms with Gasteiger partial charge in [-0.05, 0) is 13.8 Å². The van der Waals surface area contributed by atoms with Crippen LogP contribution in [-0.4, -0.2) is 66.0 Å². The van der Waals surface area contributed by atoms with E-state index in [-0.39, 0.29) is 34.2 Å². The van der Waals surface area contributed by atoms with Crippen LogP contribution >= 0.6 is 11.6 Å². The van der Waals surface area contributed by atoms with Crippen LogP contribution < -0.4 is 5.32 Å². The van der Waals surface area contributed by atoms with Gasteiger partial charge in [0, 0.05) is 43.3 Å². The van der Waals surface area contributed by atoms with Crippen molar-refractivity contribution in [3.63, 3.8) is 0 Å². The summed E-state index contributed by atoms with van der Waals surface area (Å²) in [6.07, 6.45) is 0. The summed E-state index contributed by atoms with van der Waals surface area (Å²) in [5, 5.41) is 2.86. The van der Waals surface area contributed by atoms with Crippen LogP contribution in [0.3, 0.4) is 0 Å². The van der Waals surface area contributed by atoms with Gasteiger partial charge in [0.15, 0.2) is 0 Å². The Hall–Kier alpha value is -2.18. The van der Waals surface area contributed by atoms with Gasteiger partial charge in [-0.2, -0.15) is 0 Å². The number of carbonyl (C=O) groups is 3. The Labute approximate surface area is 157 Å². The molecule has 1 amide bonds. The summed E-state index contributed by atoms with van der Waals surface area (Å²) in [4.78, 5) is 41.1. The molecule has 1 aromatic carbocycles. The standard InChI is InChI=1S/C19H22ClN3O3/c1-12(2)21-15(24)11-22-7-9-23(10-8-22)17-16(20)18(25)13-5-3-4-6-14(13)19(17)26/h3-6,12H,7-11H2,1-2H3,(H,21,24). The van der Waals surface area contributed by atoms with Crippen LogP contribution in [0.5, 0.6) is 0 Å². The molecule has 1 fully saturated rings. The first kappa shape index (κ1) is 18.6. The molecule has 1 aromatic rings. The van der Waals surface area contributed by atoms with Crippen LogP contribution in [0, 0.1) is 0 Å². The molecule has 0 atom stereocenters. The predicted molar refractivity (Wildman–Crippen MR) is 99.3 cm³/mol. The monoisotopic (exact) mass is 375 g/mol. The van der Waals surface area contributed by atoms with Crippen molar-refractivity contribution in [2.75, 3.05) is 32.7 Å². The van der Waals surface area contributed by atoms with Gasteiger partial charge in [0.05, 0.1) is 6.54 Å². The number of hydrogen-bond acceptors (Lipinski definition) is 5. The van der Waals surface area contributed by atoms with Crippen molar-refractivity contribution < 1.29 is 14.4 Å². The third-order valence-electron chi connectivity index (χ3n) is 4.54. The lowest BCUT2D eigenvalue weighted by Crippen LogP contribution is -2.51. The lowest BCUT2D eigenvalue weighted by molar-refractivity contribution is -0.123. The highest BCUT2D eigenvalue weighted by atomic mass is 35.5. The van der Waals surface area contributed by atoms with Gasteiger partial charge in [-0.1, -0.05) is 35.9 Å². The zero-order chi connectivity index (χ0) is 18.8. The van der Waals surface area contributed by atoms with E-state index < -0.39 is 0 Å². The minimum absolute atomic E-state index is 0.0106. The third kappa shape index (κ3) is 3.66. The Bertz CT molecular complexity index is 780. The molecule has 0 bridgehead atoms. The molecule has 0 saturated carbocycles. The quantitative estimate of drug-likeness (QED) is 0.866. The van der Waals surface area contributed by atoms with Crippen LogP contribution in [0.25, 0.3) is 0 Å². The Kier molecular flexibility index (Phi) is 5.44. The highest BCUT2D eigenvalue weighted by molar-refractivity contribution is 6.49. The molecule has 7 heteroatoms. The molecule has 0 aromatic heterocycles. The van der Waals surface area contributed by atoms with Gasteiger partial charge in [-0.3, -0.25) is 19.3 Å². The zero-order valence-corrected chi connectivity index (χ0v) is 15.7. The first-order valence-electron chi connectivity index (χ1n) is 8.73. The maximum Gasteiger partial charge on any atom is 0.234 e. The molecule has 1 N–H and O–H groups in total. The number of rotatable bonds is 4. The van der Waals surface area contributed by atoms with Crippen molar-refractivity contribution in [2.24, 2.45) is 0 Å². The molecule has 1 saturated heterocycles. The molecule has 6 nitrogen and oxygen atoms in total. The summed E-state index contributed by atoms with van der Waals surface area (Å²) in [6, 6.07) is 6.86. The normalized spacial score (nSPS) is 18.4. The number of piperazine rings is 1. The molecule has 0 radical (unpaired) electrons. The van der Waals surface area contributed by atoms with Crippen LogP contribution in [0.1, 0.15) is 34.6 Å². The SMILES string of the molecule is CC(C)NC(=O)CN1CCN(C2=C(Cl)C(=O)c3ccccc3C2=O)CC1. The fourth-order valence-electron chi connectivity index (χ4n) is 3.31. The minimum Gasteiger partial charge on any atom is -0.364 e. The largest absolute Gasteiger partial charge is 0.364 e.